The summed E-state index contributed by atoms with van der Waals surface area (Å²) in [4.78, 5) is 4.14. The lowest BCUT2D eigenvalue weighted by molar-refractivity contribution is 0.0766. The van der Waals surface area contributed by atoms with E-state index in [1.807, 2.05) is 0 Å². The Morgan fingerprint density at radius 3 is 2.69 bits per heavy atom. The van der Waals surface area contributed by atoms with Crippen LogP contribution in [0.25, 0.3) is 6.08 Å². The Bertz CT molecular complexity index is 359. The van der Waals surface area contributed by atoms with Gasteiger partial charge in [0.2, 0.25) is 0 Å². The monoisotopic (exact) mass is 303 g/mol. The number of hydrogen-bond donors (Lipinski definition) is 0. The van der Waals surface area contributed by atoms with Gasteiger partial charge in [-0.05, 0) is 28.1 Å². The molecule has 0 aliphatic carbocycles. The van der Waals surface area contributed by atoms with E-state index < -0.39 is 8.07 Å². The highest BCUT2D eigenvalue weighted by molar-refractivity contribution is 9.10. The summed E-state index contributed by atoms with van der Waals surface area (Å²) in [6.07, 6.45) is 1.61. The number of rotatable bonds is 6. The number of aromatic nitrogens is 3. The van der Waals surface area contributed by atoms with Gasteiger partial charge in [0.05, 0.1) is 0 Å². The predicted octanol–water partition coefficient (Wildman–Crippen LogP) is 3.00. The first-order valence-electron chi connectivity index (χ1n) is 5.23. The molecule has 0 N–H and O–H groups in total. The first kappa shape index (κ1) is 13.6. The first-order chi connectivity index (χ1) is 7.42. The molecule has 1 aromatic rings. The SMILES string of the molecule is C=Cc1nc(Br)n(COCC[Si](C)(C)C)n1. The molecule has 90 valence electrons. The smallest absolute Gasteiger partial charge is 0.197 e. The van der Waals surface area contributed by atoms with Crippen molar-refractivity contribution in [3.05, 3.63) is 17.1 Å². The number of hydrogen-bond acceptors (Lipinski definition) is 3. The Labute approximate surface area is 106 Å². The van der Waals surface area contributed by atoms with Gasteiger partial charge < -0.3 is 4.74 Å². The molecule has 0 radical (unpaired) electrons. The fourth-order valence-electron chi connectivity index (χ4n) is 1.04. The number of ether oxygens (including phenoxy) is 1. The molecular formula is C10H18BrN3OSi. The van der Waals surface area contributed by atoms with E-state index in [9.17, 15) is 0 Å². The van der Waals surface area contributed by atoms with Crippen LogP contribution < -0.4 is 0 Å². The highest BCUT2D eigenvalue weighted by Crippen LogP contribution is 2.10. The summed E-state index contributed by atoms with van der Waals surface area (Å²) in [5.74, 6) is 0.612. The third kappa shape index (κ3) is 4.59. The fraction of sp³-hybridized carbons (Fsp3) is 0.600. The minimum absolute atomic E-state index is 0.436. The molecule has 1 rings (SSSR count). The van der Waals surface area contributed by atoms with Crippen molar-refractivity contribution in [3.8, 4) is 0 Å². The molecule has 0 unspecified atom stereocenters. The van der Waals surface area contributed by atoms with Gasteiger partial charge in [-0.2, -0.15) is 0 Å². The molecule has 0 bridgehead atoms. The summed E-state index contributed by atoms with van der Waals surface area (Å²) < 4.78 is 7.92. The van der Waals surface area contributed by atoms with Crippen LogP contribution in [0.15, 0.2) is 11.3 Å². The molecule has 0 aliphatic heterocycles. The van der Waals surface area contributed by atoms with E-state index in [1.165, 1.54) is 0 Å². The van der Waals surface area contributed by atoms with Gasteiger partial charge in [0.1, 0.15) is 6.73 Å². The van der Waals surface area contributed by atoms with Gasteiger partial charge in [0.25, 0.3) is 0 Å². The standard InChI is InChI=1S/C10H18BrN3OSi/c1-5-9-12-10(11)14(13-9)8-15-6-7-16(2,3)4/h5H,1,6-8H2,2-4H3. The number of nitrogens with zero attached hydrogens (tertiary/aromatic N) is 3. The Balaban J connectivity index is 2.37. The molecule has 0 aliphatic rings. The molecule has 0 saturated heterocycles. The van der Waals surface area contributed by atoms with Crippen molar-refractivity contribution in [2.75, 3.05) is 6.61 Å². The fourth-order valence-corrected chi connectivity index (χ4v) is 2.16. The van der Waals surface area contributed by atoms with Crippen molar-refractivity contribution in [2.24, 2.45) is 0 Å². The molecule has 16 heavy (non-hydrogen) atoms. The second-order valence-electron chi connectivity index (χ2n) is 4.79. The van der Waals surface area contributed by atoms with Crippen LogP contribution in [0, 0.1) is 0 Å². The van der Waals surface area contributed by atoms with Gasteiger partial charge in [-0.1, -0.05) is 26.2 Å². The quantitative estimate of drug-likeness (QED) is 0.599. The normalized spacial score (nSPS) is 11.8. The molecular weight excluding hydrogens is 286 g/mol. The van der Waals surface area contributed by atoms with Crippen LogP contribution in [0.5, 0.6) is 0 Å². The largest absolute Gasteiger partial charge is 0.359 e. The van der Waals surface area contributed by atoms with Gasteiger partial charge in [0.15, 0.2) is 10.6 Å². The summed E-state index contributed by atoms with van der Waals surface area (Å²) in [5, 5.41) is 4.19. The van der Waals surface area contributed by atoms with E-state index in [1.54, 1.807) is 10.8 Å². The summed E-state index contributed by atoms with van der Waals surface area (Å²) in [6, 6.07) is 1.16. The first-order valence-corrected chi connectivity index (χ1v) is 9.73. The molecule has 6 heteroatoms. The van der Waals surface area contributed by atoms with Crippen LogP contribution in [0.2, 0.25) is 25.7 Å². The van der Waals surface area contributed by atoms with Gasteiger partial charge in [0, 0.05) is 14.7 Å². The minimum Gasteiger partial charge on any atom is -0.359 e. The lowest BCUT2D eigenvalue weighted by Gasteiger charge is -2.15. The molecule has 1 heterocycles. The Morgan fingerprint density at radius 2 is 2.19 bits per heavy atom. The molecule has 1 aromatic heterocycles. The predicted molar refractivity (Wildman–Crippen MR) is 71.9 cm³/mol. The van der Waals surface area contributed by atoms with E-state index in [0.29, 0.717) is 17.3 Å². The van der Waals surface area contributed by atoms with Crippen molar-refractivity contribution in [1.82, 2.24) is 14.8 Å². The van der Waals surface area contributed by atoms with Crippen molar-refractivity contribution in [3.63, 3.8) is 0 Å². The van der Waals surface area contributed by atoms with E-state index >= 15 is 0 Å². The van der Waals surface area contributed by atoms with Crippen LogP contribution in [-0.2, 0) is 11.5 Å². The van der Waals surface area contributed by atoms with Crippen LogP contribution >= 0.6 is 15.9 Å². The molecule has 0 atom stereocenters. The summed E-state index contributed by atoms with van der Waals surface area (Å²) in [5.41, 5.74) is 0. The maximum Gasteiger partial charge on any atom is 0.197 e. The molecule has 0 spiro atoms. The van der Waals surface area contributed by atoms with Crippen molar-refractivity contribution in [2.45, 2.75) is 32.4 Å². The van der Waals surface area contributed by atoms with Crippen molar-refractivity contribution >= 4 is 30.1 Å². The van der Waals surface area contributed by atoms with Gasteiger partial charge in [-0.25, -0.2) is 9.67 Å². The third-order valence-electron chi connectivity index (χ3n) is 2.04. The lowest BCUT2D eigenvalue weighted by atomic mass is 10.6. The maximum atomic E-state index is 5.57. The van der Waals surface area contributed by atoms with Crippen LogP contribution in [0.4, 0.5) is 0 Å². The average Bonchev–Trinajstić information content (AvgIpc) is 2.53. The highest BCUT2D eigenvalue weighted by Gasteiger charge is 2.12. The third-order valence-corrected chi connectivity index (χ3v) is 4.33. The van der Waals surface area contributed by atoms with E-state index in [-0.39, 0.29) is 0 Å². The summed E-state index contributed by atoms with van der Waals surface area (Å²) in [7, 11) is -1.01. The number of halogens is 1. The minimum atomic E-state index is -1.01. The Morgan fingerprint density at radius 1 is 1.50 bits per heavy atom. The Kier molecular flexibility index (Phi) is 4.88. The van der Waals surface area contributed by atoms with Gasteiger partial charge >= 0.3 is 0 Å². The van der Waals surface area contributed by atoms with Crippen LogP contribution in [0.3, 0.4) is 0 Å². The second-order valence-corrected chi connectivity index (χ2v) is 11.1. The summed E-state index contributed by atoms with van der Waals surface area (Å²) in [6.45, 7) is 11.8. The second kappa shape index (κ2) is 5.74. The molecule has 4 nitrogen and oxygen atoms in total. The van der Waals surface area contributed by atoms with Crippen LogP contribution in [-0.4, -0.2) is 29.4 Å². The van der Waals surface area contributed by atoms with E-state index in [2.05, 4.69) is 52.2 Å². The molecule has 0 saturated carbocycles. The topological polar surface area (TPSA) is 39.9 Å². The molecule has 0 amide bonds. The summed E-state index contributed by atoms with van der Waals surface area (Å²) >= 11 is 3.32. The van der Waals surface area contributed by atoms with E-state index in [4.69, 9.17) is 4.74 Å². The molecule has 0 aromatic carbocycles. The zero-order valence-electron chi connectivity index (χ0n) is 10.0. The highest BCUT2D eigenvalue weighted by atomic mass is 79.9. The van der Waals surface area contributed by atoms with Crippen molar-refractivity contribution < 1.29 is 4.74 Å². The Hall–Kier alpha value is -0.463. The van der Waals surface area contributed by atoms with E-state index in [0.717, 1.165) is 12.7 Å². The van der Waals surface area contributed by atoms with Gasteiger partial charge in [-0.3, -0.25) is 0 Å². The molecule has 0 fully saturated rings. The van der Waals surface area contributed by atoms with Crippen LogP contribution in [0.1, 0.15) is 5.82 Å². The zero-order chi connectivity index (χ0) is 12.2. The van der Waals surface area contributed by atoms with Crippen molar-refractivity contribution in [1.29, 1.82) is 0 Å². The zero-order valence-corrected chi connectivity index (χ0v) is 12.6. The average molecular weight is 304 g/mol. The van der Waals surface area contributed by atoms with Gasteiger partial charge in [-0.15, -0.1) is 5.10 Å². The maximum absolute atomic E-state index is 5.57. The lowest BCUT2D eigenvalue weighted by Crippen LogP contribution is -2.22.